The van der Waals surface area contributed by atoms with Gasteiger partial charge in [0.05, 0.1) is 28.7 Å². The van der Waals surface area contributed by atoms with Crippen molar-refractivity contribution < 1.29 is 9.53 Å². The average Bonchev–Trinajstić information content (AvgIpc) is 3.09. The number of methoxy groups -OCH3 is 1. The summed E-state index contributed by atoms with van der Waals surface area (Å²) in [5, 5.41) is 4.62. The van der Waals surface area contributed by atoms with Gasteiger partial charge in [-0.15, -0.1) is 11.3 Å². The van der Waals surface area contributed by atoms with Gasteiger partial charge in [0.15, 0.2) is 0 Å². The molecule has 0 bridgehead atoms. The molecule has 28 heavy (non-hydrogen) atoms. The van der Waals surface area contributed by atoms with Crippen LogP contribution in [-0.2, 0) is 11.2 Å². The molecule has 1 heterocycles. The number of nitrogens with zero attached hydrogens (tertiary/aromatic N) is 1. The van der Waals surface area contributed by atoms with E-state index in [2.05, 4.69) is 10.3 Å². The van der Waals surface area contributed by atoms with Gasteiger partial charge in [-0.3, -0.25) is 4.79 Å². The molecule has 1 N–H and O–H groups in total. The minimum absolute atomic E-state index is 0.00787. The first-order valence-electron chi connectivity index (χ1n) is 9.12. The Labute approximate surface area is 174 Å². The quantitative estimate of drug-likeness (QED) is 0.548. The zero-order valence-electron chi connectivity index (χ0n) is 16.2. The molecular weight excluding hydrogens is 392 g/mol. The van der Waals surface area contributed by atoms with Gasteiger partial charge in [-0.05, 0) is 38.0 Å². The number of carbonyl (C=O) groups is 1. The van der Waals surface area contributed by atoms with Crippen LogP contribution in [0, 0.1) is 6.92 Å². The maximum atomic E-state index is 12.4. The van der Waals surface area contributed by atoms with E-state index in [-0.39, 0.29) is 11.9 Å². The molecule has 6 heteroatoms. The fraction of sp³-hybridized carbons (Fsp3) is 0.273. The topological polar surface area (TPSA) is 51.2 Å². The van der Waals surface area contributed by atoms with Crippen LogP contribution < -0.4 is 10.1 Å². The predicted octanol–water partition coefficient (Wildman–Crippen LogP) is 5.59. The van der Waals surface area contributed by atoms with Gasteiger partial charge in [-0.1, -0.05) is 48.0 Å². The minimum atomic E-state index is -0.0816. The second-order valence-electron chi connectivity index (χ2n) is 6.59. The van der Waals surface area contributed by atoms with Crippen molar-refractivity contribution in [3.63, 3.8) is 0 Å². The number of aryl methyl sites for hydroxylation is 2. The highest BCUT2D eigenvalue weighted by Gasteiger charge is 2.17. The van der Waals surface area contributed by atoms with Crippen LogP contribution in [0.4, 0.5) is 0 Å². The van der Waals surface area contributed by atoms with Crippen molar-refractivity contribution in [3.05, 3.63) is 69.7 Å². The van der Waals surface area contributed by atoms with Crippen LogP contribution in [0.3, 0.4) is 0 Å². The van der Waals surface area contributed by atoms with Gasteiger partial charge in [0, 0.05) is 12.0 Å². The van der Waals surface area contributed by atoms with Crippen molar-refractivity contribution in [1.29, 1.82) is 0 Å². The van der Waals surface area contributed by atoms with Crippen molar-refractivity contribution in [3.8, 4) is 16.3 Å². The van der Waals surface area contributed by atoms with Gasteiger partial charge in [0.25, 0.3) is 0 Å². The zero-order chi connectivity index (χ0) is 20.1. The van der Waals surface area contributed by atoms with E-state index in [1.807, 2.05) is 62.4 Å². The SMILES string of the molecule is COc1ccc(CCC(=O)NC(C)c2sc(-c3ccccc3)nc2C)cc1Cl. The predicted molar refractivity (Wildman–Crippen MR) is 115 cm³/mol. The van der Waals surface area contributed by atoms with Crippen molar-refractivity contribution in [2.24, 2.45) is 0 Å². The first kappa shape index (κ1) is 20.4. The lowest BCUT2D eigenvalue weighted by Gasteiger charge is -2.13. The van der Waals surface area contributed by atoms with E-state index in [0.717, 1.165) is 26.7 Å². The van der Waals surface area contributed by atoms with Crippen LogP contribution in [0.15, 0.2) is 48.5 Å². The van der Waals surface area contributed by atoms with Crippen LogP contribution in [-0.4, -0.2) is 18.0 Å². The Morgan fingerprint density at radius 1 is 1.25 bits per heavy atom. The van der Waals surface area contributed by atoms with Crippen molar-refractivity contribution in [1.82, 2.24) is 10.3 Å². The number of hydrogen-bond donors (Lipinski definition) is 1. The largest absolute Gasteiger partial charge is 0.495 e. The van der Waals surface area contributed by atoms with Gasteiger partial charge < -0.3 is 10.1 Å². The molecule has 0 aliphatic carbocycles. The third-order valence-electron chi connectivity index (χ3n) is 4.48. The Bertz CT molecular complexity index is 956. The number of halogens is 1. The maximum absolute atomic E-state index is 12.4. The summed E-state index contributed by atoms with van der Waals surface area (Å²) in [6, 6.07) is 15.6. The lowest BCUT2D eigenvalue weighted by atomic mass is 10.1. The first-order valence-corrected chi connectivity index (χ1v) is 10.3. The summed E-state index contributed by atoms with van der Waals surface area (Å²) in [5.74, 6) is 0.645. The van der Waals surface area contributed by atoms with Crippen LogP contribution in [0.25, 0.3) is 10.6 Å². The summed E-state index contributed by atoms with van der Waals surface area (Å²) < 4.78 is 5.16. The molecule has 0 fully saturated rings. The molecule has 4 nitrogen and oxygen atoms in total. The van der Waals surface area contributed by atoms with E-state index in [0.29, 0.717) is 23.6 Å². The third-order valence-corrected chi connectivity index (χ3v) is 6.17. The lowest BCUT2D eigenvalue weighted by Crippen LogP contribution is -2.26. The van der Waals surface area contributed by atoms with Crippen LogP contribution in [0.1, 0.15) is 35.5 Å². The Balaban J connectivity index is 1.60. The molecule has 0 spiro atoms. The number of carbonyl (C=O) groups excluding carboxylic acids is 1. The van der Waals surface area contributed by atoms with Gasteiger partial charge >= 0.3 is 0 Å². The molecule has 0 aliphatic rings. The molecule has 0 saturated heterocycles. The third kappa shape index (κ3) is 4.91. The Morgan fingerprint density at radius 3 is 2.68 bits per heavy atom. The number of nitrogens with one attached hydrogen (secondary N) is 1. The number of rotatable bonds is 7. The maximum Gasteiger partial charge on any atom is 0.220 e. The molecule has 2 aromatic carbocycles. The normalized spacial score (nSPS) is 11.9. The fourth-order valence-corrected chi connectivity index (χ4v) is 4.37. The van der Waals surface area contributed by atoms with E-state index in [9.17, 15) is 4.79 Å². The van der Waals surface area contributed by atoms with Crippen molar-refractivity contribution >= 4 is 28.8 Å². The van der Waals surface area contributed by atoms with Crippen LogP contribution >= 0.6 is 22.9 Å². The molecule has 3 aromatic rings. The van der Waals surface area contributed by atoms with E-state index in [1.165, 1.54) is 0 Å². The second-order valence-corrected chi connectivity index (χ2v) is 8.03. The van der Waals surface area contributed by atoms with Crippen LogP contribution in [0.2, 0.25) is 5.02 Å². The zero-order valence-corrected chi connectivity index (χ0v) is 17.7. The van der Waals surface area contributed by atoms with Gasteiger partial charge in [-0.2, -0.15) is 0 Å². The highest BCUT2D eigenvalue weighted by molar-refractivity contribution is 7.15. The summed E-state index contributed by atoms with van der Waals surface area (Å²) in [4.78, 5) is 18.2. The molecule has 0 radical (unpaired) electrons. The molecule has 3 rings (SSSR count). The number of thiazole rings is 1. The van der Waals surface area contributed by atoms with Gasteiger partial charge in [-0.25, -0.2) is 4.98 Å². The smallest absolute Gasteiger partial charge is 0.220 e. The lowest BCUT2D eigenvalue weighted by molar-refractivity contribution is -0.121. The summed E-state index contributed by atoms with van der Waals surface area (Å²) in [7, 11) is 1.58. The van der Waals surface area contributed by atoms with E-state index >= 15 is 0 Å². The number of amides is 1. The minimum Gasteiger partial charge on any atom is -0.495 e. The monoisotopic (exact) mass is 414 g/mol. The summed E-state index contributed by atoms with van der Waals surface area (Å²) in [6.07, 6.45) is 1.02. The standard InChI is InChI=1S/C22H23ClN2O2S/c1-14(21-15(2)25-22(28-21)17-7-5-4-6-8-17)24-20(26)12-10-16-9-11-19(27-3)18(23)13-16/h4-9,11,13-14H,10,12H2,1-3H3,(H,24,26). The first-order chi connectivity index (χ1) is 13.5. The number of hydrogen-bond acceptors (Lipinski definition) is 4. The van der Waals surface area contributed by atoms with Gasteiger partial charge in [0.2, 0.25) is 5.91 Å². The molecule has 1 amide bonds. The Hall–Kier alpha value is -2.37. The molecule has 0 saturated carbocycles. The number of benzene rings is 2. The Kier molecular flexibility index (Phi) is 6.70. The highest BCUT2D eigenvalue weighted by Crippen LogP contribution is 2.31. The summed E-state index contributed by atoms with van der Waals surface area (Å²) >= 11 is 7.77. The fourth-order valence-electron chi connectivity index (χ4n) is 3.02. The van der Waals surface area contributed by atoms with E-state index in [4.69, 9.17) is 16.3 Å². The molecule has 0 aliphatic heterocycles. The highest BCUT2D eigenvalue weighted by atomic mass is 35.5. The van der Waals surface area contributed by atoms with Crippen LogP contribution in [0.5, 0.6) is 5.75 Å². The molecule has 1 unspecified atom stereocenters. The molecule has 1 aromatic heterocycles. The second kappa shape index (κ2) is 9.22. The number of ether oxygens (including phenoxy) is 1. The molecule has 146 valence electrons. The summed E-state index contributed by atoms with van der Waals surface area (Å²) in [5.41, 5.74) is 3.06. The molecular formula is C22H23ClN2O2S. The Morgan fingerprint density at radius 2 is 2.00 bits per heavy atom. The van der Waals surface area contributed by atoms with Crippen molar-refractivity contribution in [2.75, 3.05) is 7.11 Å². The molecule has 1 atom stereocenters. The van der Waals surface area contributed by atoms with Crippen molar-refractivity contribution in [2.45, 2.75) is 32.7 Å². The average molecular weight is 415 g/mol. The van der Waals surface area contributed by atoms with E-state index in [1.54, 1.807) is 18.4 Å². The van der Waals surface area contributed by atoms with E-state index < -0.39 is 0 Å². The van der Waals surface area contributed by atoms with Gasteiger partial charge in [0.1, 0.15) is 10.8 Å². The number of aromatic nitrogens is 1. The summed E-state index contributed by atoms with van der Waals surface area (Å²) in [6.45, 7) is 3.98.